The standard InChI is InChI=1S/C62H78F2N10O6S/c1-6-46-49(63)22-19-40-28-43(75)29-47(52(40)46)54-53(64)55-48(32-65-54)58(73-33-41-20-21-42(34-73)68-41)71-61(70-55)80-45-23-26-72(27-24-45)25-13-11-9-7-8-10-12-14-51(77)69-57(62(3,4)5)60(79)74-35-44(76)30-50(74)59(78)66-31-38-15-17-39(18-16-38)56-37(2)67-36-81-56/h15-19,22,28-29,32,36,41-42,44-45,50,57,68,75-76H,6-14,20-21,23-27,30-31,33-35H2,1-5H3,(H,66,78)(H,69,77)/t41?,42?,44-,50+,57-/m1/s1. The Morgan fingerprint density at radius 3 is 2.31 bits per heavy atom. The number of aromatic hydroxyl groups is 1. The van der Waals surface area contributed by atoms with Crippen molar-refractivity contribution in [3.63, 3.8) is 0 Å². The number of rotatable bonds is 21. The molecule has 2 bridgehead atoms. The van der Waals surface area contributed by atoms with Gasteiger partial charge >= 0.3 is 6.01 Å². The lowest BCUT2D eigenvalue weighted by atomic mass is 9.85. The third-order valence-corrected chi connectivity index (χ3v) is 17.8. The lowest BCUT2D eigenvalue weighted by molar-refractivity contribution is -0.144. The van der Waals surface area contributed by atoms with E-state index in [1.807, 2.05) is 64.4 Å². The highest BCUT2D eigenvalue weighted by Crippen LogP contribution is 2.40. The summed E-state index contributed by atoms with van der Waals surface area (Å²) in [5, 5.41) is 32.6. The molecule has 0 spiro atoms. The van der Waals surface area contributed by atoms with E-state index >= 15 is 8.78 Å². The van der Waals surface area contributed by atoms with Crippen LogP contribution < -0.4 is 25.6 Å². The fraction of sp³-hybridized carbons (Fsp3) is 0.532. The number of unbranched alkanes of at least 4 members (excludes halogenated alkanes) is 6. The first kappa shape index (κ1) is 57.8. The Bertz CT molecular complexity index is 3210. The number of nitrogens with zero attached hydrogens (tertiary/aromatic N) is 7. The van der Waals surface area contributed by atoms with E-state index in [2.05, 4.69) is 35.7 Å². The van der Waals surface area contributed by atoms with Gasteiger partial charge in [0.1, 0.15) is 46.8 Å². The largest absolute Gasteiger partial charge is 0.508 e. The summed E-state index contributed by atoms with van der Waals surface area (Å²) < 4.78 is 38.9. The fourth-order valence-corrected chi connectivity index (χ4v) is 13.2. The average molecular weight is 1130 g/mol. The summed E-state index contributed by atoms with van der Waals surface area (Å²) in [4.78, 5) is 66.8. The van der Waals surface area contributed by atoms with Gasteiger partial charge in [0.05, 0.1) is 27.6 Å². The number of aryl methyl sites for hydroxylation is 2. The number of halogens is 2. The molecule has 432 valence electrons. The second-order valence-electron chi connectivity index (χ2n) is 23.9. The van der Waals surface area contributed by atoms with E-state index in [1.165, 1.54) is 17.0 Å². The highest BCUT2D eigenvalue weighted by molar-refractivity contribution is 7.13. The lowest BCUT2D eigenvalue weighted by Crippen LogP contribution is -2.57. The van der Waals surface area contributed by atoms with Gasteiger partial charge < -0.3 is 45.6 Å². The number of hydrogen-bond acceptors (Lipinski definition) is 14. The first-order valence-electron chi connectivity index (χ1n) is 29.3. The van der Waals surface area contributed by atoms with Crippen LogP contribution in [0.5, 0.6) is 11.8 Å². The van der Waals surface area contributed by atoms with Crippen LogP contribution in [0.15, 0.2) is 60.2 Å². The summed E-state index contributed by atoms with van der Waals surface area (Å²) in [6.45, 7) is 14.0. The molecule has 4 aliphatic rings. The van der Waals surface area contributed by atoms with Crippen molar-refractivity contribution in [2.24, 2.45) is 5.41 Å². The fourth-order valence-electron chi connectivity index (χ4n) is 12.4. The molecule has 0 radical (unpaired) electrons. The summed E-state index contributed by atoms with van der Waals surface area (Å²) in [6, 6.07) is 12.9. The van der Waals surface area contributed by atoms with Gasteiger partial charge in [-0.1, -0.05) is 90.1 Å². The predicted octanol–water partition coefficient (Wildman–Crippen LogP) is 9.54. The number of amides is 3. The minimum atomic E-state index is -0.862. The second kappa shape index (κ2) is 25.4. The highest BCUT2D eigenvalue weighted by Gasteiger charge is 2.44. The van der Waals surface area contributed by atoms with E-state index in [-0.39, 0.29) is 66.3 Å². The number of carbonyl (C=O) groups excluding carboxylic acids is 3. The summed E-state index contributed by atoms with van der Waals surface area (Å²) in [6.07, 6.45) is 12.1. The number of piperazine rings is 1. The normalized spacial score (nSPS) is 20.1. The predicted molar refractivity (Wildman–Crippen MR) is 312 cm³/mol. The molecule has 81 heavy (non-hydrogen) atoms. The van der Waals surface area contributed by atoms with Gasteiger partial charge in [-0.05, 0) is 109 Å². The summed E-state index contributed by atoms with van der Waals surface area (Å²) in [5.41, 5.74) is 4.91. The number of benzene rings is 3. The van der Waals surface area contributed by atoms with Crippen LogP contribution in [-0.2, 0) is 27.3 Å². The van der Waals surface area contributed by atoms with E-state index in [0.717, 1.165) is 106 Å². The smallest absolute Gasteiger partial charge is 0.319 e. The van der Waals surface area contributed by atoms with Crippen molar-refractivity contribution in [1.29, 1.82) is 0 Å². The second-order valence-corrected chi connectivity index (χ2v) is 24.7. The SMILES string of the molecule is CCc1c(F)ccc2cc(O)cc(-c3ncc4c(N5CC6CCC(C5)N6)nc(OC5CCN(CCCCCCCCCC(=O)N[C@H](C(=O)N6C[C@H](O)C[C@H]6C(=O)NCc6ccc(-c7scnc7C)cc6)C(C)(C)C)CC5)nc4c3F)c12. The molecule has 2 unspecified atom stereocenters. The summed E-state index contributed by atoms with van der Waals surface area (Å²) >= 11 is 1.58. The molecule has 6 aromatic rings. The lowest BCUT2D eigenvalue weighted by Gasteiger charge is -2.35. The molecule has 5 atom stereocenters. The molecule has 3 aromatic carbocycles. The van der Waals surface area contributed by atoms with Crippen molar-refractivity contribution in [3.8, 4) is 33.5 Å². The zero-order chi connectivity index (χ0) is 57.0. The molecule has 3 aromatic heterocycles. The number of phenolic OH excluding ortho intramolecular Hbond substituents is 1. The van der Waals surface area contributed by atoms with Gasteiger partial charge in [0, 0.05) is 76.0 Å². The van der Waals surface area contributed by atoms with Crippen LogP contribution in [0.4, 0.5) is 14.6 Å². The van der Waals surface area contributed by atoms with Crippen LogP contribution in [0.25, 0.3) is 43.4 Å². The molecule has 10 rings (SSSR count). The number of piperidine rings is 1. The topological polar surface area (TPSA) is 198 Å². The maximum atomic E-state index is 17.1. The monoisotopic (exact) mass is 1130 g/mol. The molecule has 5 N–H and O–H groups in total. The van der Waals surface area contributed by atoms with Crippen molar-refractivity contribution < 1.29 is 38.1 Å². The number of ether oxygens (including phenoxy) is 1. The molecule has 4 aliphatic heterocycles. The van der Waals surface area contributed by atoms with Crippen LogP contribution in [0, 0.1) is 24.0 Å². The van der Waals surface area contributed by atoms with Gasteiger partial charge in [-0.3, -0.25) is 19.4 Å². The number of aliphatic hydroxyl groups excluding tert-OH is 1. The number of β-amino-alcohol motifs (C(OH)–C–C–N with tert-alkyl or cyclic N) is 1. The number of phenols is 1. The Hall–Kier alpha value is -6.41. The van der Waals surface area contributed by atoms with Crippen LogP contribution in [0.1, 0.15) is 128 Å². The molecule has 4 saturated heterocycles. The third-order valence-electron chi connectivity index (χ3n) is 16.8. The third kappa shape index (κ3) is 13.4. The van der Waals surface area contributed by atoms with Crippen LogP contribution >= 0.6 is 11.3 Å². The Kier molecular flexibility index (Phi) is 18.1. The quantitative estimate of drug-likeness (QED) is 0.0428. The van der Waals surface area contributed by atoms with E-state index in [0.29, 0.717) is 77.5 Å². The molecule has 16 nitrogen and oxygen atoms in total. The van der Waals surface area contributed by atoms with E-state index in [4.69, 9.17) is 14.7 Å². The number of thiazole rings is 1. The molecule has 19 heteroatoms. The summed E-state index contributed by atoms with van der Waals surface area (Å²) in [7, 11) is 0. The zero-order valence-corrected chi connectivity index (χ0v) is 48.2. The molecular weight excluding hydrogens is 1050 g/mol. The highest BCUT2D eigenvalue weighted by atomic mass is 32.1. The Balaban J connectivity index is 0.660. The van der Waals surface area contributed by atoms with Gasteiger partial charge in [0.25, 0.3) is 0 Å². The number of carbonyl (C=O) groups is 3. The number of likely N-dealkylation sites (tertiary alicyclic amines) is 2. The number of nitrogens with one attached hydrogen (secondary N) is 3. The van der Waals surface area contributed by atoms with Crippen molar-refractivity contribution >= 4 is 56.6 Å². The number of anilines is 1. The van der Waals surface area contributed by atoms with E-state index < -0.39 is 35.2 Å². The molecular formula is C62H78F2N10O6S. The first-order chi connectivity index (χ1) is 39.0. The van der Waals surface area contributed by atoms with Gasteiger partial charge in [-0.25, -0.2) is 13.8 Å². The molecule has 3 amide bonds. The summed E-state index contributed by atoms with van der Waals surface area (Å²) in [5.74, 6) is -1.46. The van der Waals surface area contributed by atoms with Crippen molar-refractivity contribution in [2.45, 2.75) is 167 Å². The van der Waals surface area contributed by atoms with Crippen LogP contribution in [0.3, 0.4) is 0 Å². The Morgan fingerprint density at radius 1 is 0.901 bits per heavy atom. The maximum absolute atomic E-state index is 17.1. The number of pyridine rings is 1. The molecule has 7 heterocycles. The van der Waals surface area contributed by atoms with Crippen LogP contribution in [-0.4, -0.2) is 133 Å². The van der Waals surface area contributed by atoms with Crippen molar-refractivity contribution in [1.82, 2.24) is 45.7 Å². The molecule has 0 saturated carbocycles. The number of aromatic nitrogens is 4. The van der Waals surface area contributed by atoms with Gasteiger partial charge in [-0.15, -0.1) is 11.3 Å². The average Bonchev–Trinajstić information content (AvgIpc) is 4.22. The number of aliphatic hydroxyl groups is 1. The first-order valence-corrected chi connectivity index (χ1v) is 30.1. The zero-order valence-electron chi connectivity index (χ0n) is 47.4. The minimum Gasteiger partial charge on any atom is -0.508 e. The van der Waals surface area contributed by atoms with E-state index in [1.54, 1.807) is 29.7 Å². The Labute approximate surface area is 477 Å². The Morgan fingerprint density at radius 2 is 1.62 bits per heavy atom. The molecule has 0 aliphatic carbocycles. The molecule has 4 fully saturated rings. The van der Waals surface area contributed by atoms with Gasteiger partial charge in [0.15, 0.2) is 5.82 Å². The van der Waals surface area contributed by atoms with Gasteiger partial charge in [0.2, 0.25) is 17.7 Å². The van der Waals surface area contributed by atoms with Crippen LogP contribution in [0.2, 0.25) is 0 Å². The number of fused-ring (bicyclic) bond motifs is 4. The van der Waals surface area contributed by atoms with E-state index in [9.17, 15) is 24.6 Å². The van der Waals surface area contributed by atoms with Crippen molar-refractivity contribution in [3.05, 3.63) is 88.7 Å². The van der Waals surface area contributed by atoms with Crippen molar-refractivity contribution in [2.75, 3.05) is 44.2 Å². The maximum Gasteiger partial charge on any atom is 0.319 e. The minimum absolute atomic E-state index is 0.0216. The van der Waals surface area contributed by atoms with Gasteiger partial charge in [-0.2, -0.15) is 9.97 Å². The number of hydrogen-bond donors (Lipinski definition) is 5.